The number of nitrogens with two attached hydrogens (primary N) is 1. The molecule has 9 heavy (non-hydrogen) atoms. The largest absolute Gasteiger partial charge is 0.393 e. The number of hydrogen-bond donors (Lipinski definition) is 2. The molecular formula is C7H17NO. The third kappa shape index (κ3) is 5.80. The molecule has 0 aromatic heterocycles. The van der Waals surface area contributed by atoms with Crippen LogP contribution in [-0.2, 0) is 0 Å². The van der Waals surface area contributed by atoms with Gasteiger partial charge in [0.15, 0.2) is 0 Å². The molecule has 2 nitrogen and oxygen atoms in total. The van der Waals surface area contributed by atoms with Crippen LogP contribution in [0.1, 0.15) is 33.1 Å². The lowest BCUT2D eigenvalue weighted by atomic mass is 10.1. The summed E-state index contributed by atoms with van der Waals surface area (Å²) in [5.41, 5.74) is 5.46. The summed E-state index contributed by atoms with van der Waals surface area (Å²) in [6, 6.07) is 0.131. The van der Waals surface area contributed by atoms with Gasteiger partial charge in [-0.05, 0) is 19.8 Å². The molecule has 0 aliphatic rings. The quantitative estimate of drug-likeness (QED) is 0.595. The highest BCUT2D eigenvalue weighted by Crippen LogP contribution is 2.02. The minimum atomic E-state index is -0.185. The van der Waals surface area contributed by atoms with E-state index < -0.39 is 0 Å². The summed E-state index contributed by atoms with van der Waals surface area (Å²) in [6.45, 7) is 3.98. The first-order valence-electron chi connectivity index (χ1n) is 3.60. The highest BCUT2D eigenvalue weighted by molar-refractivity contribution is 4.61. The van der Waals surface area contributed by atoms with Crippen LogP contribution in [0.5, 0.6) is 0 Å². The third-order valence-electron chi connectivity index (χ3n) is 1.27. The molecular weight excluding hydrogens is 114 g/mol. The van der Waals surface area contributed by atoms with Crippen LogP contribution in [0.25, 0.3) is 0 Å². The average Bonchev–Trinajstić information content (AvgIpc) is 1.63. The molecule has 0 rings (SSSR count). The van der Waals surface area contributed by atoms with Crippen molar-refractivity contribution in [1.29, 1.82) is 0 Å². The van der Waals surface area contributed by atoms with Gasteiger partial charge in [-0.2, -0.15) is 0 Å². The van der Waals surface area contributed by atoms with Crippen LogP contribution in [-0.4, -0.2) is 17.3 Å². The van der Waals surface area contributed by atoms with Crippen LogP contribution in [0.15, 0.2) is 0 Å². The topological polar surface area (TPSA) is 46.2 Å². The van der Waals surface area contributed by atoms with E-state index in [1.54, 1.807) is 0 Å². The van der Waals surface area contributed by atoms with E-state index in [1.807, 2.05) is 6.92 Å². The molecule has 0 saturated heterocycles. The van der Waals surface area contributed by atoms with Crippen LogP contribution in [0.3, 0.4) is 0 Å². The van der Waals surface area contributed by atoms with E-state index in [0.29, 0.717) is 0 Å². The monoisotopic (exact) mass is 131 g/mol. The van der Waals surface area contributed by atoms with Crippen LogP contribution >= 0.6 is 0 Å². The standard InChI is InChI=1S/C7H17NO/c1-3-4-7(9)5-6(2)8/h6-7,9H,3-5,8H2,1-2H3. The lowest BCUT2D eigenvalue weighted by Gasteiger charge is -2.10. The fourth-order valence-electron chi connectivity index (χ4n) is 0.880. The van der Waals surface area contributed by atoms with Crippen molar-refractivity contribution in [2.75, 3.05) is 0 Å². The lowest BCUT2D eigenvalue weighted by molar-refractivity contribution is 0.147. The normalized spacial score (nSPS) is 17.3. The zero-order valence-corrected chi connectivity index (χ0v) is 6.30. The average molecular weight is 131 g/mol. The SMILES string of the molecule is CCCC(O)CC(C)N. The van der Waals surface area contributed by atoms with Gasteiger partial charge in [0.2, 0.25) is 0 Å². The Morgan fingerprint density at radius 2 is 2.11 bits per heavy atom. The Morgan fingerprint density at radius 1 is 1.56 bits per heavy atom. The maximum atomic E-state index is 9.14. The molecule has 0 bridgehead atoms. The molecule has 2 atom stereocenters. The van der Waals surface area contributed by atoms with Crippen molar-refractivity contribution < 1.29 is 5.11 Å². The maximum Gasteiger partial charge on any atom is 0.0554 e. The molecule has 0 fully saturated rings. The summed E-state index contributed by atoms with van der Waals surface area (Å²) < 4.78 is 0. The minimum Gasteiger partial charge on any atom is -0.393 e. The van der Waals surface area contributed by atoms with Gasteiger partial charge in [0.25, 0.3) is 0 Å². The lowest BCUT2D eigenvalue weighted by Crippen LogP contribution is -2.22. The van der Waals surface area contributed by atoms with Crippen molar-refractivity contribution in [2.24, 2.45) is 5.73 Å². The highest BCUT2D eigenvalue weighted by atomic mass is 16.3. The molecule has 2 unspecified atom stereocenters. The molecule has 0 heterocycles. The second-order valence-corrected chi connectivity index (χ2v) is 2.66. The molecule has 0 spiro atoms. The zero-order chi connectivity index (χ0) is 7.28. The first kappa shape index (κ1) is 8.92. The molecule has 0 radical (unpaired) electrons. The molecule has 0 aromatic carbocycles. The van der Waals surface area contributed by atoms with Crippen LogP contribution in [0, 0.1) is 0 Å². The molecule has 0 aliphatic heterocycles. The summed E-state index contributed by atoms with van der Waals surface area (Å²) in [5.74, 6) is 0. The van der Waals surface area contributed by atoms with Gasteiger partial charge in [0, 0.05) is 6.04 Å². The Balaban J connectivity index is 3.15. The smallest absolute Gasteiger partial charge is 0.0554 e. The van der Waals surface area contributed by atoms with Gasteiger partial charge in [-0.3, -0.25) is 0 Å². The van der Waals surface area contributed by atoms with Gasteiger partial charge in [0.05, 0.1) is 6.10 Å². The van der Waals surface area contributed by atoms with Gasteiger partial charge in [-0.1, -0.05) is 13.3 Å². The number of rotatable bonds is 4. The van der Waals surface area contributed by atoms with Crippen molar-refractivity contribution >= 4 is 0 Å². The van der Waals surface area contributed by atoms with Crippen LogP contribution in [0.2, 0.25) is 0 Å². The Bertz CT molecular complexity index is 63.9. The molecule has 2 heteroatoms. The van der Waals surface area contributed by atoms with E-state index in [4.69, 9.17) is 10.8 Å². The molecule has 0 aromatic rings. The van der Waals surface area contributed by atoms with E-state index in [9.17, 15) is 0 Å². The molecule has 0 saturated carbocycles. The first-order valence-corrected chi connectivity index (χ1v) is 3.60. The second-order valence-electron chi connectivity index (χ2n) is 2.66. The van der Waals surface area contributed by atoms with Crippen molar-refractivity contribution in [2.45, 2.75) is 45.3 Å². The number of aliphatic hydroxyl groups is 1. The Morgan fingerprint density at radius 3 is 2.44 bits per heavy atom. The Hall–Kier alpha value is -0.0800. The van der Waals surface area contributed by atoms with E-state index in [-0.39, 0.29) is 12.1 Å². The summed E-state index contributed by atoms with van der Waals surface area (Å²) in [5, 5.41) is 9.14. The number of hydrogen-bond acceptors (Lipinski definition) is 2. The van der Waals surface area contributed by atoms with Gasteiger partial charge in [-0.25, -0.2) is 0 Å². The summed E-state index contributed by atoms with van der Waals surface area (Å²) in [4.78, 5) is 0. The van der Waals surface area contributed by atoms with Crippen LogP contribution < -0.4 is 5.73 Å². The predicted octanol–water partition coefficient (Wildman–Crippen LogP) is 0.885. The maximum absolute atomic E-state index is 9.14. The molecule has 56 valence electrons. The number of aliphatic hydroxyl groups excluding tert-OH is 1. The van der Waals surface area contributed by atoms with E-state index in [2.05, 4.69) is 6.92 Å². The first-order chi connectivity index (χ1) is 4.16. The van der Waals surface area contributed by atoms with Crippen molar-refractivity contribution in [3.63, 3.8) is 0 Å². The van der Waals surface area contributed by atoms with Crippen molar-refractivity contribution in [3.05, 3.63) is 0 Å². The van der Waals surface area contributed by atoms with Gasteiger partial charge >= 0.3 is 0 Å². The van der Waals surface area contributed by atoms with Gasteiger partial charge < -0.3 is 10.8 Å². The second kappa shape index (κ2) is 4.77. The fourth-order valence-corrected chi connectivity index (χ4v) is 0.880. The van der Waals surface area contributed by atoms with E-state index in [1.165, 1.54) is 0 Å². The van der Waals surface area contributed by atoms with Crippen molar-refractivity contribution in [3.8, 4) is 0 Å². The Kier molecular flexibility index (Phi) is 4.72. The Labute approximate surface area is 57.1 Å². The zero-order valence-electron chi connectivity index (χ0n) is 6.30. The summed E-state index contributed by atoms with van der Waals surface area (Å²) >= 11 is 0. The molecule has 0 aliphatic carbocycles. The van der Waals surface area contributed by atoms with E-state index >= 15 is 0 Å². The third-order valence-corrected chi connectivity index (χ3v) is 1.27. The minimum absolute atomic E-state index is 0.131. The molecule has 3 N–H and O–H groups in total. The van der Waals surface area contributed by atoms with Crippen LogP contribution in [0.4, 0.5) is 0 Å². The van der Waals surface area contributed by atoms with Crippen molar-refractivity contribution in [1.82, 2.24) is 0 Å². The van der Waals surface area contributed by atoms with Gasteiger partial charge in [-0.15, -0.1) is 0 Å². The fraction of sp³-hybridized carbons (Fsp3) is 1.00. The van der Waals surface area contributed by atoms with E-state index in [0.717, 1.165) is 19.3 Å². The van der Waals surface area contributed by atoms with Gasteiger partial charge in [0.1, 0.15) is 0 Å². The summed E-state index contributed by atoms with van der Waals surface area (Å²) in [7, 11) is 0. The predicted molar refractivity (Wildman–Crippen MR) is 39.2 cm³/mol. The molecule has 0 amide bonds. The highest BCUT2D eigenvalue weighted by Gasteiger charge is 2.04. The summed E-state index contributed by atoms with van der Waals surface area (Å²) in [6.07, 6.45) is 2.46.